The number of allylic oxidation sites excluding steroid dienone is 2. The first kappa shape index (κ1) is 47.2. The minimum atomic E-state index is -1.38. The largest absolute Gasteiger partial charge is 0.465 e. The number of hydrogen-bond donors (Lipinski definition) is 1. The van der Waals surface area contributed by atoms with Gasteiger partial charge in [-0.3, -0.25) is 24.0 Å². The van der Waals surface area contributed by atoms with Crippen molar-refractivity contribution in [1.29, 1.82) is 0 Å². The Morgan fingerprint density at radius 3 is 1.30 bits per heavy atom. The molecule has 4 aliphatic rings. The van der Waals surface area contributed by atoms with Crippen LogP contribution in [0.4, 0.5) is 0 Å². The Hall–Kier alpha value is -3.21. The molecule has 4 aliphatic carbocycles. The van der Waals surface area contributed by atoms with Crippen LogP contribution < -0.4 is 0 Å². The lowest BCUT2D eigenvalue weighted by atomic mass is 9.49. The molecule has 0 aromatic rings. The molecule has 0 aliphatic heterocycles. The normalized spacial score (nSPS) is 21.4. The molecular formula is C45H72O11. The van der Waals surface area contributed by atoms with Gasteiger partial charge in [0.25, 0.3) is 0 Å². The topological polar surface area (TPSA) is 152 Å². The molecule has 0 saturated heterocycles. The first-order valence-corrected chi connectivity index (χ1v) is 21.8. The van der Waals surface area contributed by atoms with E-state index in [1.165, 1.54) is 44.9 Å². The van der Waals surface area contributed by atoms with Crippen molar-refractivity contribution in [2.24, 2.45) is 28.6 Å². The Morgan fingerprint density at radius 1 is 0.536 bits per heavy atom. The summed E-state index contributed by atoms with van der Waals surface area (Å²) in [6, 6.07) is 0. The molecule has 0 spiro atoms. The fourth-order valence-electron chi connectivity index (χ4n) is 8.85. The SMILES string of the molecule is CCCCC/C=C\CCOC(=O)CCCC(=O)OCC(CO)(COC(=O)CCCC(=O)OCC/C=C\CCCCC)COC(=O)CC12CC3CC(CC(C3)C1)C2. The van der Waals surface area contributed by atoms with Gasteiger partial charge in [-0.2, -0.15) is 0 Å². The molecule has 0 radical (unpaired) electrons. The second-order valence-corrected chi connectivity index (χ2v) is 16.9. The van der Waals surface area contributed by atoms with Crippen molar-refractivity contribution in [2.45, 2.75) is 162 Å². The number of carbonyl (C=O) groups is 5. The molecule has 0 unspecified atom stereocenters. The molecular weight excluding hydrogens is 716 g/mol. The van der Waals surface area contributed by atoms with Crippen LogP contribution in [-0.2, 0) is 47.7 Å². The third-order valence-electron chi connectivity index (χ3n) is 11.5. The standard InChI is InChI=1S/C45H72O11/c1-3-5-7-9-11-13-15-23-52-39(47)19-17-21-41(49)54-33-45(32-46,35-56-43(51)31-44-28-36-25-37(29-44)27-38(26-36)30-44)34-55-42(50)22-18-20-40(48)53-24-16-14-12-10-8-6-4-2/h11-14,36-38,46H,3-10,15-35H2,1-2H3/b13-11-,14-12-. The second-order valence-electron chi connectivity index (χ2n) is 16.9. The molecule has 0 heterocycles. The number of hydrogen-bond acceptors (Lipinski definition) is 11. The van der Waals surface area contributed by atoms with Crippen molar-refractivity contribution in [3.8, 4) is 0 Å². The van der Waals surface area contributed by atoms with E-state index < -0.39 is 35.9 Å². The third kappa shape index (κ3) is 18.8. The highest BCUT2D eigenvalue weighted by Gasteiger charge is 2.52. The van der Waals surface area contributed by atoms with Crippen molar-refractivity contribution < 1.29 is 52.8 Å². The fraction of sp³-hybridized carbons (Fsp3) is 0.800. The van der Waals surface area contributed by atoms with E-state index in [0.717, 1.165) is 44.9 Å². The Balaban J connectivity index is 1.43. The molecule has 4 saturated carbocycles. The summed E-state index contributed by atoms with van der Waals surface area (Å²) in [5.41, 5.74) is -1.42. The van der Waals surface area contributed by atoms with Gasteiger partial charge in [0.05, 0.1) is 31.7 Å². The smallest absolute Gasteiger partial charge is 0.306 e. The summed E-state index contributed by atoms with van der Waals surface area (Å²) in [6.45, 7) is 3.32. The summed E-state index contributed by atoms with van der Waals surface area (Å²) in [6.07, 6.45) is 26.3. The van der Waals surface area contributed by atoms with Gasteiger partial charge in [0.1, 0.15) is 19.8 Å². The van der Waals surface area contributed by atoms with E-state index in [1.807, 2.05) is 12.2 Å². The number of aliphatic hydroxyl groups is 1. The van der Waals surface area contributed by atoms with Crippen molar-refractivity contribution in [3.63, 3.8) is 0 Å². The van der Waals surface area contributed by atoms with Crippen molar-refractivity contribution in [2.75, 3.05) is 39.6 Å². The van der Waals surface area contributed by atoms with Gasteiger partial charge in [-0.15, -0.1) is 0 Å². The van der Waals surface area contributed by atoms with Gasteiger partial charge < -0.3 is 28.8 Å². The fourth-order valence-corrected chi connectivity index (χ4v) is 8.85. The lowest BCUT2D eigenvalue weighted by molar-refractivity contribution is -0.168. The van der Waals surface area contributed by atoms with E-state index in [4.69, 9.17) is 23.7 Å². The maximum absolute atomic E-state index is 13.3. The molecule has 0 atom stereocenters. The van der Waals surface area contributed by atoms with Crippen molar-refractivity contribution in [1.82, 2.24) is 0 Å². The molecule has 4 fully saturated rings. The Morgan fingerprint density at radius 2 is 0.911 bits per heavy atom. The van der Waals surface area contributed by atoms with Gasteiger partial charge in [-0.25, -0.2) is 0 Å². The Labute approximate surface area is 336 Å². The summed E-state index contributed by atoms with van der Waals surface area (Å²) in [5.74, 6) is -0.298. The van der Waals surface area contributed by atoms with E-state index in [1.54, 1.807) is 0 Å². The van der Waals surface area contributed by atoms with Crippen LogP contribution in [0.5, 0.6) is 0 Å². The molecule has 0 aromatic heterocycles. The molecule has 0 aromatic carbocycles. The maximum atomic E-state index is 13.3. The average molecular weight is 789 g/mol. The molecule has 11 nitrogen and oxygen atoms in total. The minimum Gasteiger partial charge on any atom is -0.465 e. The highest BCUT2D eigenvalue weighted by atomic mass is 16.6. The third-order valence-corrected chi connectivity index (χ3v) is 11.5. The van der Waals surface area contributed by atoms with E-state index in [0.29, 0.717) is 37.0 Å². The zero-order valence-electron chi connectivity index (χ0n) is 34.6. The van der Waals surface area contributed by atoms with Gasteiger partial charge in [-0.05, 0) is 113 Å². The molecule has 318 valence electrons. The van der Waals surface area contributed by atoms with Crippen LogP contribution >= 0.6 is 0 Å². The number of rotatable bonds is 31. The summed E-state index contributed by atoms with van der Waals surface area (Å²) in [4.78, 5) is 63.1. The van der Waals surface area contributed by atoms with E-state index in [9.17, 15) is 29.1 Å². The van der Waals surface area contributed by atoms with Crippen LogP contribution in [0.1, 0.15) is 162 Å². The zero-order valence-corrected chi connectivity index (χ0v) is 34.6. The van der Waals surface area contributed by atoms with E-state index >= 15 is 0 Å². The number of unbranched alkanes of at least 4 members (excludes halogenated alkanes) is 6. The van der Waals surface area contributed by atoms with Gasteiger partial charge in [0.2, 0.25) is 0 Å². The Kier molecular flexibility index (Phi) is 22.5. The first-order chi connectivity index (χ1) is 27.1. The molecule has 4 bridgehead atoms. The predicted molar refractivity (Wildman–Crippen MR) is 213 cm³/mol. The Bertz CT molecular complexity index is 1160. The zero-order chi connectivity index (χ0) is 40.5. The molecule has 1 N–H and O–H groups in total. The van der Waals surface area contributed by atoms with Gasteiger partial charge >= 0.3 is 29.8 Å². The number of ether oxygens (including phenoxy) is 5. The van der Waals surface area contributed by atoms with E-state index in [2.05, 4.69) is 26.0 Å². The van der Waals surface area contributed by atoms with Gasteiger partial charge in [0.15, 0.2) is 0 Å². The monoisotopic (exact) mass is 789 g/mol. The summed E-state index contributed by atoms with van der Waals surface area (Å²) >= 11 is 0. The van der Waals surface area contributed by atoms with Gasteiger partial charge in [0, 0.05) is 25.7 Å². The highest BCUT2D eigenvalue weighted by Crippen LogP contribution is 2.61. The van der Waals surface area contributed by atoms with Crippen molar-refractivity contribution in [3.05, 3.63) is 24.3 Å². The molecule has 11 heteroatoms. The molecule has 0 amide bonds. The number of carbonyl (C=O) groups excluding carboxylic acids is 5. The summed E-state index contributed by atoms with van der Waals surface area (Å²) < 4.78 is 27.3. The van der Waals surface area contributed by atoms with Crippen LogP contribution in [0.3, 0.4) is 0 Å². The van der Waals surface area contributed by atoms with E-state index in [-0.39, 0.29) is 82.9 Å². The van der Waals surface area contributed by atoms with Crippen LogP contribution in [0.15, 0.2) is 24.3 Å². The lowest BCUT2D eigenvalue weighted by Gasteiger charge is -2.56. The maximum Gasteiger partial charge on any atom is 0.306 e. The highest BCUT2D eigenvalue weighted by molar-refractivity contribution is 5.73. The van der Waals surface area contributed by atoms with Crippen LogP contribution in [0.2, 0.25) is 0 Å². The molecule has 4 rings (SSSR count). The predicted octanol–water partition coefficient (Wildman–Crippen LogP) is 8.68. The van der Waals surface area contributed by atoms with Gasteiger partial charge in [-0.1, -0.05) is 63.8 Å². The number of esters is 5. The summed E-state index contributed by atoms with van der Waals surface area (Å²) in [7, 11) is 0. The van der Waals surface area contributed by atoms with Crippen LogP contribution in [0.25, 0.3) is 0 Å². The second kappa shape index (κ2) is 26.7. The number of aliphatic hydroxyl groups excluding tert-OH is 1. The first-order valence-electron chi connectivity index (χ1n) is 21.8. The van der Waals surface area contributed by atoms with Crippen LogP contribution in [0, 0.1) is 28.6 Å². The van der Waals surface area contributed by atoms with Crippen LogP contribution in [-0.4, -0.2) is 74.6 Å². The average Bonchev–Trinajstić information content (AvgIpc) is 3.16. The lowest BCUT2D eigenvalue weighted by Crippen LogP contribution is -2.47. The molecule has 56 heavy (non-hydrogen) atoms. The quantitative estimate of drug-likeness (QED) is 0.0311. The minimum absolute atomic E-state index is 0.0369. The van der Waals surface area contributed by atoms with Crippen molar-refractivity contribution >= 4 is 29.8 Å². The summed E-state index contributed by atoms with van der Waals surface area (Å²) in [5, 5.41) is 10.6.